The van der Waals surface area contributed by atoms with Crippen LogP contribution in [0.5, 0.6) is 0 Å². The van der Waals surface area contributed by atoms with Crippen molar-refractivity contribution in [2.45, 2.75) is 18.2 Å². The Morgan fingerprint density at radius 2 is 2.25 bits per heavy atom. The van der Waals surface area contributed by atoms with Gasteiger partial charge in [0, 0.05) is 12.7 Å². The minimum Gasteiger partial charge on any atom is -0.260 e. The number of aromatic nitrogens is 1. The Bertz CT molecular complexity index is 471. The summed E-state index contributed by atoms with van der Waals surface area (Å²) in [6.07, 6.45) is 6.34. The minimum atomic E-state index is -3.65. The summed E-state index contributed by atoms with van der Waals surface area (Å²) in [5.41, 5.74) is 0. The van der Waals surface area contributed by atoms with Crippen molar-refractivity contribution in [3.63, 3.8) is 0 Å². The Morgan fingerprint density at radius 3 is 2.88 bits per heavy atom. The molecule has 0 radical (unpaired) electrons. The van der Waals surface area contributed by atoms with Gasteiger partial charge in [-0.3, -0.25) is 4.98 Å². The SMILES string of the molecule is C/C=C/CCNS(=O)(=O)c1cncc(F)c1. The van der Waals surface area contributed by atoms with E-state index in [1.165, 1.54) is 0 Å². The first-order valence-corrected chi connectivity index (χ1v) is 6.26. The van der Waals surface area contributed by atoms with E-state index in [0.717, 1.165) is 18.5 Å². The molecule has 0 aliphatic carbocycles. The fraction of sp³-hybridized carbons (Fsp3) is 0.300. The zero-order chi connectivity index (χ0) is 12.0. The van der Waals surface area contributed by atoms with Crippen molar-refractivity contribution in [1.29, 1.82) is 0 Å². The van der Waals surface area contributed by atoms with E-state index in [-0.39, 0.29) is 11.4 Å². The molecule has 0 aromatic carbocycles. The van der Waals surface area contributed by atoms with E-state index in [9.17, 15) is 12.8 Å². The smallest absolute Gasteiger partial charge is 0.242 e. The molecule has 0 saturated carbocycles. The molecular formula is C10H13FN2O2S. The molecule has 0 amide bonds. The summed E-state index contributed by atoms with van der Waals surface area (Å²) in [6, 6.07) is 0.936. The summed E-state index contributed by atoms with van der Waals surface area (Å²) in [6.45, 7) is 2.13. The predicted molar refractivity (Wildman–Crippen MR) is 58.8 cm³/mol. The third kappa shape index (κ3) is 3.71. The lowest BCUT2D eigenvalue weighted by molar-refractivity contribution is 0.576. The first-order chi connectivity index (χ1) is 7.56. The van der Waals surface area contributed by atoms with E-state index in [2.05, 4.69) is 9.71 Å². The van der Waals surface area contributed by atoms with Crippen molar-refractivity contribution < 1.29 is 12.8 Å². The average molecular weight is 244 g/mol. The van der Waals surface area contributed by atoms with Gasteiger partial charge in [-0.25, -0.2) is 17.5 Å². The molecule has 1 N–H and O–H groups in total. The lowest BCUT2D eigenvalue weighted by Gasteiger charge is -2.04. The van der Waals surface area contributed by atoms with Gasteiger partial charge in [0.15, 0.2) is 0 Å². The number of rotatable bonds is 5. The summed E-state index contributed by atoms with van der Waals surface area (Å²) in [5, 5.41) is 0. The van der Waals surface area contributed by atoms with Crippen LogP contribution in [0.1, 0.15) is 13.3 Å². The van der Waals surface area contributed by atoms with E-state index in [1.54, 1.807) is 0 Å². The van der Waals surface area contributed by atoms with Crippen molar-refractivity contribution >= 4 is 10.0 Å². The van der Waals surface area contributed by atoms with E-state index in [1.807, 2.05) is 19.1 Å². The van der Waals surface area contributed by atoms with E-state index < -0.39 is 15.8 Å². The molecule has 16 heavy (non-hydrogen) atoms. The van der Waals surface area contributed by atoms with Crippen LogP contribution in [-0.4, -0.2) is 19.9 Å². The van der Waals surface area contributed by atoms with Crippen LogP contribution in [0.2, 0.25) is 0 Å². The molecule has 0 atom stereocenters. The van der Waals surface area contributed by atoms with E-state index in [0.29, 0.717) is 6.42 Å². The number of nitrogens with one attached hydrogen (secondary N) is 1. The van der Waals surface area contributed by atoms with Gasteiger partial charge in [0.2, 0.25) is 10.0 Å². The Hall–Kier alpha value is -1.27. The molecule has 88 valence electrons. The predicted octanol–water partition coefficient (Wildman–Crippen LogP) is 1.47. The van der Waals surface area contributed by atoms with Gasteiger partial charge in [-0.15, -0.1) is 0 Å². The third-order valence-electron chi connectivity index (χ3n) is 1.83. The van der Waals surface area contributed by atoms with Crippen LogP contribution >= 0.6 is 0 Å². The zero-order valence-electron chi connectivity index (χ0n) is 8.85. The van der Waals surface area contributed by atoms with Crippen LogP contribution in [0, 0.1) is 5.82 Å². The fourth-order valence-electron chi connectivity index (χ4n) is 1.07. The number of hydrogen-bond donors (Lipinski definition) is 1. The van der Waals surface area contributed by atoms with Crippen LogP contribution in [0.25, 0.3) is 0 Å². The summed E-state index contributed by atoms with van der Waals surface area (Å²) in [4.78, 5) is 3.33. The highest BCUT2D eigenvalue weighted by atomic mass is 32.2. The monoisotopic (exact) mass is 244 g/mol. The van der Waals surface area contributed by atoms with Gasteiger partial charge < -0.3 is 0 Å². The second-order valence-corrected chi connectivity index (χ2v) is 4.86. The van der Waals surface area contributed by atoms with Gasteiger partial charge in [0.1, 0.15) is 10.7 Å². The highest BCUT2D eigenvalue weighted by molar-refractivity contribution is 7.89. The molecule has 0 unspecified atom stereocenters. The molecule has 1 rings (SSSR count). The number of hydrogen-bond acceptors (Lipinski definition) is 3. The Kier molecular flexibility index (Phi) is 4.57. The Balaban J connectivity index is 2.71. The Morgan fingerprint density at radius 1 is 1.50 bits per heavy atom. The molecule has 0 saturated heterocycles. The molecule has 0 bridgehead atoms. The summed E-state index contributed by atoms with van der Waals surface area (Å²) in [5.74, 6) is -0.670. The number of pyridine rings is 1. The van der Waals surface area contributed by atoms with Crippen molar-refractivity contribution in [2.24, 2.45) is 0 Å². The van der Waals surface area contributed by atoms with Gasteiger partial charge in [0.05, 0.1) is 6.20 Å². The summed E-state index contributed by atoms with van der Waals surface area (Å²) < 4.78 is 38.3. The lowest BCUT2D eigenvalue weighted by atomic mass is 10.4. The third-order valence-corrected chi connectivity index (χ3v) is 3.26. The number of sulfonamides is 1. The van der Waals surface area contributed by atoms with Crippen LogP contribution < -0.4 is 4.72 Å². The van der Waals surface area contributed by atoms with Crippen molar-refractivity contribution in [3.05, 3.63) is 36.4 Å². The summed E-state index contributed by atoms with van der Waals surface area (Å²) >= 11 is 0. The van der Waals surface area contributed by atoms with Gasteiger partial charge >= 0.3 is 0 Å². The molecule has 4 nitrogen and oxygen atoms in total. The van der Waals surface area contributed by atoms with E-state index >= 15 is 0 Å². The van der Waals surface area contributed by atoms with Gasteiger partial charge in [-0.05, 0) is 19.4 Å². The lowest BCUT2D eigenvalue weighted by Crippen LogP contribution is -2.24. The first-order valence-electron chi connectivity index (χ1n) is 4.77. The van der Waals surface area contributed by atoms with Crippen LogP contribution in [0.3, 0.4) is 0 Å². The Labute approximate surface area is 94.3 Å². The van der Waals surface area contributed by atoms with E-state index in [4.69, 9.17) is 0 Å². The molecule has 0 spiro atoms. The second kappa shape index (κ2) is 5.72. The minimum absolute atomic E-state index is 0.159. The number of allylic oxidation sites excluding steroid dienone is 1. The van der Waals surface area contributed by atoms with Crippen molar-refractivity contribution in [2.75, 3.05) is 6.54 Å². The first kappa shape index (κ1) is 12.8. The van der Waals surface area contributed by atoms with Crippen LogP contribution in [0.15, 0.2) is 35.5 Å². The maximum Gasteiger partial charge on any atom is 0.242 e. The number of nitrogens with zero attached hydrogens (tertiary/aromatic N) is 1. The number of halogens is 1. The molecule has 1 heterocycles. The van der Waals surface area contributed by atoms with Crippen LogP contribution in [0.4, 0.5) is 4.39 Å². The average Bonchev–Trinajstić information content (AvgIpc) is 2.24. The van der Waals surface area contributed by atoms with Crippen molar-refractivity contribution in [3.8, 4) is 0 Å². The molecule has 1 aromatic rings. The quantitative estimate of drug-likeness (QED) is 0.630. The molecule has 0 fully saturated rings. The molecular weight excluding hydrogens is 231 g/mol. The molecule has 1 aromatic heterocycles. The van der Waals surface area contributed by atoms with Crippen molar-refractivity contribution in [1.82, 2.24) is 9.71 Å². The molecule has 0 aliphatic rings. The fourth-order valence-corrected chi connectivity index (χ4v) is 2.09. The zero-order valence-corrected chi connectivity index (χ0v) is 9.67. The molecule has 0 aliphatic heterocycles. The normalized spacial score (nSPS) is 12.1. The maximum atomic E-state index is 12.8. The van der Waals surface area contributed by atoms with Crippen LogP contribution in [-0.2, 0) is 10.0 Å². The highest BCUT2D eigenvalue weighted by Gasteiger charge is 2.13. The molecule has 6 heteroatoms. The largest absolute Gasteiger partial charge is 0.260 e. The standard InChI is InChI=1S/C10H13FN2O2S/c1-2-3-4-5-13-16(14,15)10-6-9(11)7-12-8-10/h2-3,6-8,13H,4-5H2,1H3/b3-2+. The van der Waals surface area contributed by atoms with Gasteiger partial charge in [0.25, 0.3) is 0 Å². The van der Waals surface area contributed by atoms with Gasteiger partial charge in [-0.2, -0.15) is 0 Å². The topological polar surface area (TPSA) is 59.1 Å². The highest BCUT2D eigenvalue weighted by Crippen LogP contribution is 2.07. The van der Waals surface area contributed by atoms with Gasteiger partial charge in [-0.1, -0.05) is 12.2 Å². The second-order valence-electron chi connectivity index (χ2n) is 3.09. The maximum absolute atomic E-state index is 12.8. The summed E-state index contributed by atoms with van der Waals surface area (Å²) in [7, 11) is -3.65.